The van der Waals surface area contributed by atoms with E-state index in [0.717, 1.165) is 5.57 Å². The van der Waals surface area contributed by atoms with Crippen LogP contribution in [0.5, 0.6) is 0 Å². The molecule has 1 saturated heterocycles. The SMILES string of the molecule is O=C(CCN1C(=O)C(c2ccc(F)cc2)C1C1=CC=C(O)CC=C1)c1ccc(F)cc1. The van der Waals surface area contributed by atoms with Gasteiger partial charge in [0.05, 0.1) is 17.7 Å². The highest BCUT2D eigenvalue weighted by Crippen LogP contribution is 2.41. The predicted molar refractivity (Wildman–Crippen MR) is 113 cm³/mol. The van der Waals surface area contributed by atoms with Gasteiger partial charge in [-0.3, -0.25) is 9.59 Å². The normalized spacial score (nSPS) is 20.6. The zero-order valence-electron chi connectivity index (χ0n) is 16.7. The number of aliphatic hydroxyl groups is 1. The number of likely N-dealkylation sites (tertiary alicyclic amines) is 1. The Morgan fingerprint density at radius 1 is 1.00 bits per heavy atom. The van der Waals surface area contributed by atoms with Crippen molar-refractivity contribution < 1.29 is 23.5 Å². The molecule has 0 radical (unpaired) electrons. The van der Waals surface area contributed by atoms with Gasteiger partial charge in [-0.1, -0.05) is 30.4 Å². The fraction of sp³-hybridized carbons (Fsp3) is 0.200. The molecule has 4 rings (SSSR count). The number of aliphatic hydroxyl groups excluding tert-OH is 1. The van der Waals surface area contributed by atoms with Crippen LogP contribution in [0.4, 0.5) is 8.78 Å². The van der Waals surface area contributed by atoms with E-state index >= 15 is 0 Å². The van der Waals surface area contributed by atoms with Gasteiger partial charge in [0.25, 0.3) is 0 Å². The van der Waals surface area contributed by atoms with Crippen molar-refractivity contribution in [2.24, 2.45) is 0 Å². The first-order valence-corrected chi connectivity index (χ1v) is 10.0. The number of hydrogen-bond donors (Lipinski definition) is 1. The number of halogens is 2. The van der Waals surface area contributed by atoms with E-state index in [-0.39, 0.29) is 42.3 Å². The summed E-state index contributed by atoms with van der Waals surface area (Å²) >= 11 is 0. The lowest BCUT2D eigenvalue weighted by molar-refractivity contribution is -0.147. The summed E-state index contributed by atoms with van der Waals surface area (Å²) in [7, 11) is 0. The maximum atomic E-state index is 13.4. The molecule has 2 unspecified atom stereocenters. The van der Waals surface area contributed by atoms with Crippen LogP contribution in [0.25, 0.3) is 0 Å². The smallest absolute Gasteiger partial charge is 0.233 e. The summed E-state index contributed by atoms with van der Waals surface area (Å²) < 4.78 is 26.5. The first-order valence-electron chi connectivity index (χ1n) is 10.0. The van der Waals surface area contributed by atoms with Crippen LogP contribution in [0.15, 0.2) is 84.2 Å². The molecule has 2 atom stereocenters. The molecule has 6 heteroatoms. The van der Waals surface area contributed by atoms with Gasteiger partial charge < -0.3 is 10.0 Å². The third-order valence-electron chi connectivity index (χ3n) is 5.62. The molecule has 4 nitrogen and oxygen atoms in total. The molecule has 0 spiro atoms. The van der Waals surface area contributed by atoms with Crippen molar-refractivity contribution in [1.29, 1.82) is 0 Å². The van der Waals surface area contributed by atoms with E-state index in [9.17, 15) is 23.5 Å². The summed E-state index contributed by atoms with van der Waals surface area (Å²) in [5, 5.41) is 9.80. The first kappa shape index (κ1) is 20.7. The minimum atomic E-state index is -0.494. The Balaban J connectivity index is 1.57. The highest BCUT2D eigenvalue weighted by atomic mass is 19.1. The Bertz CT molecular complexity index is 1080. The minimum Gasteiger partial charge on any atom is -0.512 e. The highest BCUT2D eigenvalue weighted by molar-refractivity contribution is 5.97. The molecule has 0 bridgehead atoms. The van der Waals surface area contributed by atoms with Crippen LogP contribution in [-0.4, -0.2) is 34.3 Å². The van der Waals surface area contributed by atoms with Crippen LogP contribution < -0.4 is 0 Å². The third-order valence-corrected chi connectivity index (χ3v) is 5.62. The van der Waals surface area contributed by atoms with Gasteiger partial charge in [0, 0.05) is 24.9 Å². The van der Waals surface area contributed by atoms with Crippen molar-refractivity contribution in [3.8, 4) is 0 Å². The first-order chi connectivity index (χ1) is 14.9. The standard InChI is InChI=1S/C25H21F2NO3/c26-19-9-4-16(5-10-19)22(30)14-15-28-24(18-2-1-3-21(29)13-8-18)23(25(28)31)17-6-11-20(27)12-7-17/h1-2,4-13,23-24,29H,3,14-15H2. The monoisotopic (exact) mass is 421 g/mol. The fourth-order valence-electron chi connectivity index (χ4n) is 4.00. The number of β-lactam (4-membered cyclic amide) rings is 1. The zero-order valence-corrected chi connectivity index (χ0v) is 16.7. The van der Waals surface area contributed by atoms with Crippen LogP contribution in [0.3, 0.4) is 0 Å². The van der Waals surface area contributed by atoms with Gasteiger partial charge in [-0.2, -0.15) is 0 Å². The molecule has 1 heterocycles. The lowest BCUT2D eigenvalue weighted by Crippen LogP contribution is -2.60. The zero-order chi connectivity index (χ0) is 22.0. The number of amides is 1. The number of hydrogen-bond acceptors (Lipinski definition) is 3. The number of benzene rings is 2. The molecule has 2 aromatic rings. The van der Waals surface area contributed by atoms with Crippen molar-refractivity contribution in [3.05, 3.63) is 107 Å². The summed E-state index contributed by atoms with van der Waals surface area (Å²) in [6.07, 6.45) is 7.54. The average molecular weight is 421 g/mol. The van der Waals surface area contributed by atoms with Gasteiger partial charge in [-0.25, -0.2) is 8.78 Å². The Morgan fingerprint density at radius 2 is 1.65 bits per heavy atom. The van der Waals surface area contributed by atoms with Crippen LogP contribution in [0.2, 0.25) is 0 Å². The molecule has 1 aliphatic carbocycles. The number of rotatable bonds is 6. The number of allylic oxidation sites excluding steroid dienone is 3. The molecule has 0 aromatic heterocycles. The maximum Gasteiger partial charge on any atom is 0.233 e. The summed E-state index contributed by atoms with van der Waals surface area (Å²) in [6, 6.07) is 10.8. The van der Waals surface area contributed by atoms with E-state index in [1.165, 1.54) is 36.4 Å². The Kier molecular flexibility index (Phi) is 5.80. The van der Waals surface area contributed by atoms with Crippen LogP contribution in [0, 0.1) is 11.6 Å². The summed E-state index contributed by atoms with van der Waals surface area (Å²) in [5.74, 6) is -1.40. The van der Waals surface area contributed by atoms with E-state index in [1.54, 1.807) is 29.2 Å². The number of carbonyl (C=O) groups is 2. The van der Waals surface area contributed by atoms with Gasteiger partial charge in [-0.15, -0.1) is 0 Å². The van der Waals surface area contributed by atoms with Gasteiger partial charge >= 0.3 is 0 Å². The topological polar surface area (TPSA) is 57.6 Å². The molecule has 1 aliphatic heterocycles. The molecule has 2 aliphatic rings. The van der Waals surface area contributed by atoms with E-state index in [4.69, 9.17) is 0 Å². The van der Waals surface area contributed by atoms with Crippen molar-refractivity contribution in [3.63, 3.8) is 0 Å². The molecule has 31 heavy (non-hydrogen) atoms. The van der Waals surface area contributed by atoms with Crippen molar-refractivity contribution in [1.82, 2.24) is 4.90 Å². The van der Waals surface area contributed by atoms with E-state index in [1.807, 2.05) is 12.2 Å². The molecule has 1 amide bonds. The number of nitrogens with zero attached hydrogens (tertiary/aromatic N) is 1. The largest absolute Gasteiger partial charge is 0.512 e. The molecule has 0 saturated carbocycles. The summed E-state index contributed by atoms with van der Waals surface area (Å²) in [6.45, 7) is 0.207. The molecule has 158 valence electrons. The van der Waals surface area contributed by atoms with Crippen LogP contribution >= 0.6 is 0 Å². The molecule has 2 aromatic carbocycles. The number of ketones is 1. The second-order valence-electron chi connectivity index (χ2n) is 7.62. The highest BCUT2D eigenvalue weighted by Gasteiger charge is 2.49. The fourth-order valence-corrected chi connectivity index (χ4v) is 4.00. The van der Waals surface area contributed by atoms with Gasteiger partial charge in [0.1, 0.15) is 11.6 Å². The van der Waals surface area contributed by atoms with Crippen LogP contribution in [-0.2, 0) is 4.79 Å². The van der Waals surface area contributed by atoms with Gasteiger partial charge in [0.15, 0.2) is 5.78 Å². The molecule has 1 fully saturated rings. The van der Waals surface area contributed by atoms with Gasteiger partial charge in [-0.05, 0) is 53.6 Å². The summed E-state index contributed by atoms with van der Waals surface area (Å²) in [5.41, 5.74) is 1.92. The molecular formula is C25H21F2NO3. The van der Waals surface area contributed by atoms with E-state index in [0.29, 0.717) is 17.5 Å². The van der Waals surface area contributed by atoms with Crippen molar-refractivity contribution in [2.45, 2.75) is 24.8 Å². The minimum absolute atomic E-state index is 0.0993. The van der Waals surface area contributed by atoms with Crippen molar-refractivity contribution in [2.75, 3.05) is 6.54 Å². The quantitative estimate of drug-likeness (QED) is 0.535. The van der Waals surface area contributed by atoms with E-state index < -0.39 is 11.7 Å². The predicted octanol–water partition coefficient (Wildman–Crippen LogP) is 4.86. The molecule has 1 N–H and O–H groups in total. The number of Topliss-reactive ketones (excluding diaryl/α,β-unsaturated/α-hetero) is 1. The number of carbonyl (C=O) groups excluding carboxylic acids is 2. The second-order valence-corrected chi connectivity index (χ2v) is 7.62. The lowest BCUT2D eigenvalue weighted by atomic mass is 9.77. The summed E-state index contributed by atoms with van der Waals surface area (Å²) in [4.78, 5) is 27.1. The Labute approximate surface area is 178 Å². The lowest BCUT2D eigenvalue weighted by Gasteiger charge is -2.48. The second kappa shape index (κ2) is 8.68. The Morgan fingerprint density at radius 3 is 2.32 bits per heavy atom. The Hall–Kier alpha value is -3.54. The van der Waals surface area contributed by atoms with Crippen molar-refractivity contribution >= 4 is 11.7 Å². The maximum absolute atomic E-state index is 13.4. The third kappa shape index (κ3) is 4.33. The molecular weight excluding hydrogens is 400 g/mol. The van der Waals surface area contributed by atoms with E-state index in [2.05, 4.69) is 0 Å². The van der Waals surface area contributed by atoms with Gasteiger partial charge in [0.2, 0.25) is 5.91 Å². The van der Waals surface area contributed by atoms with Crippen LogP contribution in [0.1, 0.15) is 34.7 Å². The average Bonchev–Trinajstić information content (AvgIpc) is 2.97.